The number of rotatable bonds is 6. The summed E-state index contributed by atoms with van der Waals surface area (Å²) in [5, 5.41) is 3.53. The fourth-order valence-electron chi connectivity index (χ4n) is 3.69. The first-order valence-electron chi connectivity index (χ1n) is 9.43. The van der Waals surface area contributed by atoms with Crippen molar-refractivity contribution in [1.29, 1.82) is 0 Å². The number of aliphatic imine (C=N–C) groups is 1. The molecule has 1 aromatic carbocycles. The van der Waals surface area contributed by atoms with Crippen molar-refractivity contribution in [3.63, 3.8) is 0 Å². The first-order chi connectivity index (χ1) is 13.2. The molecule has 1 aliphatic carbocycles. The average Bonchev–Trinajstić information content (AvgIpc) is 3.50. The highest BCUT2D eigenvalue weighted by molar-refractivity contribution is 6.30. The van der Waals surface area contributed by atoms with E-state index in [1.165, 1.54) is 11.1 Å². The third-order valence-corrected chi connectivity index (χ3v) is 5.53. The maximum Gasteiger partial charge on any atom is 0.195 e. The van der Waals surface area contributed by atoms with E-state index in [0.29, 0.717) is 23.5 Å². The van der Waals surface area contributed by atoms with E-state index in [4.69, 9.17) is 11.6 Å². The molecule has 0 spiro atoms. The number of hydrogen-bond acceptors (Lipinski definition) is 4. The number of halogens is 2. The number of aryl methyl sites for hydroxylation is 1. The lowest BCUT2D eigenvalue weighted by Gasteiger charge is -2.16. The largest absolute Gasteiger partial charge is 0.363 e. The lowest BCUT2D eigenvalue weighted by molar-refractivity contribution is 0.622. The molecule has 0 amide bonds. The monoisotopic (exact) mass is 384 g/mol. The third-order valence-electron chi connectivity index (χ3n) is 5.24. The number of aromatic nitrogens is 2. The summed E-state index contributed by atoms with van der Waals surface area (Å²) in [7, 11) is 0. The standard InChI is InChI=1S/C21H22ClFN4/c1-2-3-5-13-8-19(23)18(22)10-16(13)17-9-15(17)14-11-26-21(27-12-14)20-24-6-4-7-25-20/h4,6-8,10-11,15,17H,2-3,5,9,12H2,1H3,(H,26,27). The van der Waals surface area contributed by atoms with Crippen LogP contribution >= 0.6 is 11.6 Å². The van der Waals surface area contributed by atoms with E-state index in [-0.39, 0.29) is 10.8 Å². The van der Waals surface area contributed by atoms with Crippen LogP contribution in [-0.2, 0) is 6.42 Å². The molecule has 0 bridgehead atoms. The SMILES string of the molecule is CCCCc1cc(F)c(Cl)cc1C1CC1C1=CN=C(c2ncccn2)NC1. The molecular weight excluding hydrogens is 363 g/mol. The molecule has 1 N–H and O–H groups in total. The summed E-state index contributed by atoms with van der Waals surface area (Å²) in [6.45, 7) is 2.88. The molecule has 1 fully saturated rings. The van der Waals surface area contributed by atoms with E-state index in [1.807, 2.05) is 12.3 Å². The van der Waals surface area contributed by atoms with Gasteiger partial charge in [-0.15, -0.1) is 0 Å². The topological polar surface area (TPSA) is 50.2 Å². The Bertz CT molecular complexity index is 895. The Kier molecular flexibility index (Phi) is 5.21. The first-order valence-corrected chi connectivity index (χ1v) is 9.81. The van der Waals surface area contributed by atoms with Crippen molar-refractivity contribution < 1.29 is 4.39 Å². The van der Waals surface area contributed by atoms with Gasteiger partial charge in [0.25, 0.3) is 0 Å². The third kappa shape index (κ3) is 3.88. The van der Waals surface area contributed by atoms with Crippen molar-refractivity contribution in [2.75, 3.05) is 6.54 Å². The van der Waals surface area contributed by atoms with Crippen LogP contribution in [0.2, 0.25) is 5.02 Å². The van der Waals surface area contributed by atoms with Gasteiger partial charge in [-0.3, -0.25) is 0 Å². The van der Waals surface area contributed by atoms with Crippen LogP contribution in [0.4, 0.5) is 4.39 Å². The second kappa shape index (κ2) is 7.77. The minimum Gasteiger partial charge on any atom is -0.363 e. The van der Waals surface area contributed by atoms with Crippen LogP contribution in [-0.4, -0.2) is 22.3 Å². The molecule has 1 aromatic heterocycles. The Hall–Kier alpha value is -2.27. The summed E-state index contributed by atoms with van der Waals surface area (Å²) in [6.07, 6.45) is 9.45. The van der Waals surface area contributed by atoms with Crippen LogP contribution < -0.4 is 5.32 Å². The minimum atomic E-state index is -0.320. The smallest absolute Gasteiger partial charge is 0.195 e. The van der Waals surface area contributed by atoms with Crippen LogP contribution in [0.15, 0.2) is 47.4 Å². The number of nitrogens with zero attached hydrogens (tertiary/aromatic N) is 3. The molecule has 2 atom stereocenters. The van der Waals surface area contributed by atoms with Crippen LogP contribution in [0.3, 0.4) is 0 Å². The molecule has 140 valence electrons. The average molecular weight is 385 g/mol. The maximum absolute atomic E-state index is 13.9. The van der Waals surface area contributed by atoms with E-state index in [1.54, 1.807) is 24.5 Å². The molecule has 27 heavy (non-hydrogen) atoms. The molecule has 0 radical (unpaired) electrons. The van der Waals surface area contributed by atoms with Gasteiger partial charge >= 0.3 is 0 Å². The predicted octanol–water partition coefficient (Wildman–Crippen LogP) is 4.65. The summed E-state index contributed by atoms with van der Waals surface area (Å²) in [5.41, 5.74) is 3.56. The molecule has 4 rings (SSSR count). The summed E-state index contributed by atoms with van der Waals surface area (Å²) < 4.78 is 13.9. The fraction of sp³-hybridized carbons (Fsp3) is 0.381. The van der Waals surface area contributed by atoms with Crippen molar-refractivity contribution in [3.05, 3.63) is 70.2 Å². The van der Waals surface area contributed by atoms with E-state index in [2.05, 4.69) is 27.2 Å². The summed E-state index contributed by atoms with van der Waals surface area (Å²) >= 11 is 6.07. The van der Waals surface area contributed by atoms with Crippen molar-refractivity contribution in [2.45, 2.75) is 38.5 Å². The zero-order chi connectivity index (χ0) is 18.8. The normalized spacial score (nSPS) is 21.3. The van der Waals surface area contributed by atoms with Gasteiger partial charge in [0.1, 0.15) is 5.82 Å². The number of nitrogens with one attached hydrogen (secondary N) is 1. The van der Waals surface area contributed by atoms with E-state index < -0.39 is 0 Å². The van der Waals surface area contributed by atoms with E-state index in [0.717, 1.165) is 37.8 Å². The molecule has 2 unspecified atom stereocenters. The van der Waals surface area contributed by atoms with Gasteiger partial charge in [-0.2, -0.15) is 0 Å². The molecule has 4 nitrogen and oxygen atoms in total. The van der Waals surface area contributed by atoms with Gasteiger partial charge in [-0.1, -0.05) is 24.9 Å². The zero-order valence-corrected chi connectivity index (χ0v) is 16.0. The van der Waals surface area contributed by atoms with Gasteiger partial charge in [0.05, 0.1) is 5.02 Å². The van der Waals surface area contributed by atoms with E-state index in [9.17, 15) is 4.39 Å². The molecular formula is C21H22ClFN4. The number of benzene rings is 1. The Labute approximate surface area is 163 Å². The quantitative estimate of drug-likeness (QED) is 0.788. The van der Waals surface area contributed by atoms with Crippen LogP contribution in [0.1, 0.15) is 49.1 Å². The van der Waals surface area contributed by atoms with Crippen molar-refractivity contribution in [2.24, 2.45) is 10.9 Å². The van der Waals surface area contributed by atoms with Crippen LogP contribution in [0, 0.1) is 11.7 Å². The Morgan fingerprint density at radius 3 is 2.74 bits per heavy atom. The highest BCUT2D eigenvalue weighted by Crippen LogP contribution is 2.53. The van der Waals surface area contributed by atoms with Gasteiger partial charge in [-0.25, -0.2) is 19.4 Å². The first kappa shape index (κ1) is 18.1. The highest BCUT2D eigenvalue weighted by atomic mass is 35.5. The fourth-order valence-corrected chi connectivity index (χ4v) is 3.86. The summed E-state index contributed by atoms with van der Waals surface area (Å²) in [4.78, 5) is 13.0. The number of hydrogen-bond donors (Lipinski definition) is 1. The Morgan fingerprint density at radius 2 is 2.04 bits per heavy atom. The second-order valence-corrected chi connectivity index (χ2v) is 7.53. The Balaban J connectivity index is 1.52. The van der Waals surface area contributed by atoms with Crippen molar-refractivity contribution in [3.8, 4) is 0 Å². The van der Waals surface area contributed by atoms with Gasteiger partial charge in [-0.05, 0) is 66.0 Å². The highest BCUT2D eigenvalue weighted by Gasteiger charge is 2.42. The molecule has 1 saturated carbocycles. The maximum atomic E-state index is 13.9. The summed E-state index contributed by atoms with van der Waals surface area (Å²) in [5.74, 6) is 1.81. The van der Waals surface area contributed by atoms with Gasteiger partial charge in [0, 0.05) is 25.1 Å². The van der Waals surface area contributed by atoms with Crippen LogP contribution in [0.25, 0.3) is 0 Å². The molecule has 6 heteroatoms. The zero-order valence-electron chi connectivity index (χ0n) is 15.3. The number of amidine groups is 1. The predicted molar refractivity (Wildman–Crippen MR) is 106 cm³/mol. The molecule has 2 aliphatic rings. The van der Waals surface area contributed by atoms with E-state index >= 15 is 0 Å². The minimum absolute atomic E-state index is 0.216. The number of unbranched alkanes of at least 4 members (excludes halogenated alkanes) is 1. The van der Waals surface area contributed by atoms with Gasteiger partial charge in [0.2, 0.25) is 0 Å². The lowest BCUT2D eigenvalue weighted by Crippen LogP contribution is -2.31. The van der Waals surface area contributed by atoms with Crippen molar-refractivity contribution in [1.82, 2.24) is 15.3 Å². The molecule has 2 aromatic rings. The molecule has 1 aliphatic heterocycles. The second-order valence-electron chi connectivity index (χ2n) is 7.13. The van der Waals surface area contributed by atoms with Gasteiger partial charge in [0.15, 0.2) is 11.7 Å². The van der Waals surface area contributed by atoms with Crippen LogP contribution in [0.5, 0.6) is 0 Å². The van der Waals surface area contributed by atoms with Crippen molar-refractivity contribution >= 4 is 17.4 Å². The Morgan fingerprint density at radius 1 is 1.22 bits per heavy atom. The lowest BCUT2D eigenvalue weighted by atomic mass is 9.96. The van der Waals surface area contributed by atoms with Gasteiger partial charge < -0.3 is 5.32 Å². The molecule has 0 saturated heterocycles. The molecule has 2 heterocycles. The summed E-state index contributed by atoms with van der Waals surface area (Å²) in [6, 6.07) is 5.24.